The van der Waals surface area contributed by atoms with Gasteiger partial charge in [0, 0.05) is 0 Å². The number of benzene rings is 1. The molecule has 1 fully saturated rings. The van der Waals surface area contributed by atoms with E-state index in [1.165, 1.54) is 18.4 Å². The monoisotopic (exact) mass is 203 g/mol. The average molecular weight is 203 g/mol. The Morgan fingerprint density at radius 2 is 1.80 bits per heavy atom. The molecule has 2 atom stereocenters. The van der Waals surface area contributed by atoms with E-state index in [4.69, 9.17) is 5.73 Å². The van der Waals surface area contributed by atoms with Gasteiger partial charge in [-0.2, -0.15) is 0 Å². The Labute approximate surface area is 92.7 Å². The summed E-state index contributed by atoms with van der Waals surface area (Å²) in [5.41, 5.74) is 7.71. The van der Waals surface area contributed by atoms with E-state index >= 15 is 0 Å². The highest BCUT2D eigenvalue weighted by Crippen LogP contribution is 2.59. The standard InChI is InChI=1S/C14H21N/c1-14(2)12(13(14)10-15)9-8-11-6-4-3-5-7-11/h3-7,12-13H,8-10,15H2,1-2H3/t12-,13-/m0/s1. The van der Waals surface area contributed by atoms with E-state index in [9.17, 15) is 0 Å². The summed E-state index contributed by atoms with van der Waals surface area (Å²) in [7, 11) is 0. The molecule has 0 spiro atoms. The Hall–Kier alpha value is -0.820. The van der Waals surface area contributed by atoms with Crippen LogP contribution in [0.1, 0.15) is 25.8 Å². The summed E-state index contributed by atoms with van der Waals surface area (Å²) in [6, 6.07) is 10.7. The van der Waals surface area contributed by atoms with Crippen molar-refractivity contribution in [3.05, 3.63) is 35.9 Å². The fourth-order valence-corrected chi connectivity index (χ4v) is 2.87. The van der Waals surface area contributed by atoms with Gasteiger partial charge in [-0.1, -0.05) is 44.2 Å². The summed E-state index contributed by atoms with van der Waals surface area (Å²) in [4.78, 5) is 0. The summed E-state index contributed by atoms with van der Waals surface area (Å²) in [5, 5.41) is 0. The van der Waals surface area contributed by atoms with Crippen molar-refractivity contribution in [2.24, 2.45) is 23.0 Å². The topological polar surface area (TPSA) is 26.0 Å². The lowest BCUT2D eigenvalue weighted by molar-refractivity contribution is 0.522. The van der Waals surface area contributed by atoms with Gasteiger partial charge in [0.15, 0.2) is 0 Å². The van der Waals surface area contributed by atoms with Crippen LogP contribution >= 0.6 is 0 Å². The lowest BCUT2D eigenvalue weighted by Gasteiger charge is -2.02. The molecule has 1 saturated carbocycles. The van der Waals surface area contributed by atoms with Gasteiger partial charge in [-0.15, -0.1) is 0 Å². The van der Waals surface area contributed by atoms with E-state index in [0.717, 1.165) is 18.4 Å². The second kappa shape index (κ2) is 3.97. The minimum atomic E-state index is 0.490. The minimum Gasteiger partial charge on any atom is -0.330 e. The summed E-state index contributed by atoms with van der Waals surface area (Å²) in [6.07, 6.45) is 2.49. The molecule has 1 aromatic rings. The van der Waals surface area contributed by atoms with Crippen LogP contribution in [0.3, 0.4) is 0 Å². The Morgan fingerprint density at radius 1 is 1.13 bits per heavy atom. The van der Waals surface area contributed by atoms with Crippen molar-refractivity contribution in [3.8, 4) is 0 Å². The Kier molecular flexibility index (Phi) is 2.83. The van der Waals surface area contributed by atoms with Gasteiger partial charge < -0.3 is 5.73 Å². The van der Waals surface area contributed by atoms with Crippen LogP contribution in [0.2, 0.25) is 0 Å². The Bertz CT molecular complexity index is 315. The van der Waals surface area contributed by atoms with E-state index in [1.54, 1.807) is 0 Å². The Balaban J connectivity index is 1.86. The molecule has 0 unspecified atom stereocenters. The molecule has 1 nitrogen and oxygen atoms in total. The van der Waals surface area contributed by atoms with Gasteiger partial charge in [-0.3, -0.25) is 0 Å². The van der Waals surface area contributed by atoms with E-state index < -0.39 is 0 Å². The molecule has 0 radical (unpaired) electrons. The molecule has 82 valence electrons. The number of rotatable bonds is 4. The number of hydrogen-bond acceptors (Lipinski definition) is 1. The van der Waals surface area contributed by atoms with Crippen LogP contribution in [0.25, 0.3) is 0 Å². The highest BCUT2D eigenvalue weighted by atomic mass is 14.7. The maximum Gasteiger partial charge on any atom is -0.00408 e. The van der Waals surface area contributed by atoms with E-state index in [0.29, 0.717) is 5.41 Å². The van der Waals surface area contributed by atoms with Gasteiger partial charge in [-0.05, 0) is 42.2 Å². The third kappa shape index (κ3) is 2.07. The fraction of sp³-hybridized carbons (Fsp3) is 0.571. The first-order chi connectivity index (χ1) is 7.16. The smallest absolute Gasteiger partial charge is 0.00408 e. The van der Waals surface area contributed by atoms with Gasteiger partial charge in [0.1, 0.15) is 0 Å². The molecule has 0 saturated heterocycles. The van der Waals surface area contributed by atoms with Crippen molar-refractivity contribution in [1.29, 1.82) is 0 Å². The number of nitrogens with two attached hydrogens (primary N) is 1. The molecule has 1 heteroatoms. The molecule has 0 aliphatic heterocycles. The first-order valence-corrected chi connectivity index (χ1v) is 5.90. The van der Waals surface area contributed by atoms with Gasteiger partial charge in [0.25, 0.3) is 0 Å². The predicted molar refractivity (Wildman–Crippen MR) is 64.6 cm³/mol. The first kappa shape index (κ1) is 10.7. The maximum absolute atomic E-state index is 5.77. The normalized spacial score (nSPS) is 27.7. The molecule has 1 aliphatic carbocycles. The molecule has 0 heterocycles. The van der Waals surface area contributed by atoms with Crippen LogP contribution in [0.5, 0.6) is 0 Å². The molecular weight excluding hydrogens is 182 g/mol. The van der Waals surface area contributed by atoms with Gasteiger partial charge >= 0.3 is 0 Å². The summed E-state index contributed by atoms with van der Waals surface area (Å²) in [6.45, 7) is 5.55. The van der Waals surface area contributed by atoms with Crippen LogP contribution in [-0.2, 0) is 6.42 Å². The zero-order valence-electron chi connectivity index (χ0n) is 9.74. The summed E-state index contributed by atoms with van der Waals surface area (Å²) >= 11 is 0. The van der Waals surface area contributed by atoms with Crippen LogP contribution in [0.4, 0.5) is 0 Å². The lowest BCUT2D eigenvalue weighted by Crippen LogP contribution is -2.05. The van der Waals surface area contributed by atoms with Gasteiger partial charge in [0.2, 0.25) is 0 Å². The maximum atomic E-state index is 5.77. The van der Waals surface area contributed by atoms with Crippen molar-refractivity contribution < 1.29 is 0 Å². The molecule has 15 heavy (non-hydrogen) atoms. The van der Waals surface area contributed by atoms with Crippen LogP contribution in [0.15, 0.2) is 30.3 Å². The molecule has 0 aromatic heterocycles. The second-order valence-corrected chi connectivity index (χ2v) is 5.29. The fourth-order valence-electron chi connectivity index (χ4n) is 2.87. The molecule has 2 N–H and O–H groups in total. The minimum absolute atomic E-state index is 0.490. The lowest BCUT2D eigenvalue weighted by atomic mass is 10.0. The number of hydrogen-bond donors (Lipinski definition) is 1. The highest BCUT2D eigenvalue weighted by molar-refractivity contribution is 5.16. The van der Waals surface area contributed by atoms with Crippen molar-refractivity contribution >= 4 is 0 Å². The van der Waals surface area contributed by atoms with Crippen molar-refractivity contribution in [3.63, 3.8) is 0 Å². The predicted octanol–water partition coefficient (Wildman–Crippen LogP) is 2.85. The SMILES string of the molecule is CC1(C)[C@@H](CN)[C@@H]1CCc1ccccc1. The summed E-state index contributed by atoms with van der Waals surface area (Å²) < 4.78 is 0. The zero-order valence-corrected chi connectivity index (χ0v) is 9.74. The van der Waals surface area contributed by atoms with Crippen LogP contribution in [0, 0.1) is 17.3 Å². The average Bonchev–Trinajstić information content (AvgIpc) is 2.78. The molecule has 2 rings (SSSR count). The molecule has 1 aromatic carbocycles. The first-order valence-electron chi connectivity index (χ1n) is 5.90. The summed E-state index contributed by atoms with van der Waals surface area (Å²) in [5.74, 6) is 1.59. The number of aryl methyl sites for hydroxylation is 1. The van der Waals surface area contributed by atoms with Crippen molar-refractivity contribution in [2.45, 2.75) is 26.7 Å². The third-order valence-corrected chi connectivity index (χ3v) is 4.13. The van der Waals surface area contributed by atoms with E-state index in [2.05, 4.69) is 44.2 Å². The zero-order chi connectivity index (χ0) is 10.9. The van der Waals surface area contributed by atoms with E-state index in [-0.39, 0.29) is 0 Å². The quantitative estimate of drug-likeness (QED) is 0.800. The van der Waals surface area contributed by atoms with Crippen molar-refractivity contribution in [1.82, 2.24) is 0 Å². The van der Waals surface area contributed by atoms with Crippen LogP contribution < -0.4 is 5.73 Å². The van der Waals surface area contributed by atoms with Gasteiger partial charge in [-0.25, -0.2) is 0 Å². The third-order valence-electron chi connectivity index (χ3n) is 4.13. The second-order valence-electron chi connectivity index (χ2n) is 5.29. The highest BCUT2D eigenvalue weighted by Gasteiger charge is 2.55. The molecular formula is C14H21N. The molecule has 1 aliphatic rings. The molecule has 0 amide bonds. The van der Waals surface area contributed by atoms with Gasteiger partial charge in [0.05, 0.1) is 0 Å². The largest absolute Gasteiger partial charge is 0.330 e. The van der Waals surface area contributed by atoms with Crippen LogP contribution in [-0.4, -0.2) is 6.54 Å². The van der Waals surface area contributed by atoms with E-state index in [1.807, 2.05) is 0 Å². The van der Waals surface area contributed by atoms with Crippen molar-refractivity contribution in [2.75, 3.05) is 6.54 Å². The molecule has 0 bridgehead atoms. The Morgan fingerprint density at radius 3 is 2.33 bits per heavy atom.